The van der Waals surface area contributed by atoms with Gasteiger partial charge in [-0.2, -0.15) is 0 Å². The SMILES string of the molecule is N=C(N)NCCC[C@H](NC(=O)[C@@H](NC(=O)[C@H](Cc1ccc(C(=N)N)cc1)[C@@H]1CCCc2ccccc21)C1CCCCC1)C(N)=O. The average Bonchev–Trinajstić information content (AvgIpc) is 3.03. The Labute approximate surface area is 265 Å². The fourth-order valence-corrected chi connectivity index (χ4v) is 6.90. The van der Waals surface area contributed by atoms with Gasteiger partial charge in [0.1, 0.15) is 17.9 Å². The van der Waals surface area contributed by atoms with E-state index >= 15 is 0 Å². The molecule has 242 valence electrons. The van der Waals surface area contributed by atoms with Crippen molar-refractivity contribution in [2.45, 2.75) is 88.6 Å². The van der Waals surface area contributed by atoms with E-state index in [-0.39, 0.29) is 36.0 Å². The van der Waals surface area contributed by atoms with Crippen molar-refractivity contribution in [2.24, 2.45) is 29.0 Å². The molecule has 11 heteroatoms. The first kappa shape index (κ1) is 33.5. The van der Waals surface area contributed by atoms with Gasteiger partial charge in [0.25, 0.3) is 0 Å². The summed E-state index contributed by atoms with van der Waals surface area (Å²) in [6, 6.07) is 14.0. The lowest BCUT2D eigenvalue weighted by Crippen LogP contribution is -2.57. The summed E-state index contributed by atoms with van der Waals surface area (Å²) >= 11 is 0. The molecule has 0 aliphatic heterocycles. The summed E-state index contributed by atoms with van der Waals surface area (Å²) in [5.41, 5.74) is 20.7. The van der Waals surface area contributed by atoms with Crippen molar-refractivity contribution >= 4 is 29.5 Å². The number of rotatable bonds is 14. The van der Waals surface area contributed by atoms with Gasteiger partial charge in [0.05, 0.1) is 0 Å². The van der Waals surface area contributed by atoms with E-state index in [1.54, 1.807) is 12.1 Å². The Morgan fingerprint density at radius 1 is 0.844 bits per heavy atom. The van der Waals surface area contributed by atoms with Gasteiger partial charge in [0.15, 0.2) is 5.96 Å². The zero-order chi connectivity index (χ0) is 32.3. The number of guanidine groups is 1. The van der Waals surface area contributed by atoms with Crippen LogP contribution in [0.15, 0.2) is 48.5 Å². The molecule has 2 aromatic rings. The van der Waals surface area contributed by atoms with E-state index in [0.29, 0.717) is 24.9 Å². The Hall–Kier alpha value is -4.41. The highest BCUT2D eigenvalue weighted by Gasteiger charge is 2.38. The van der Waals surface area contributed by atoms with E-state index in [1.165, 1.54) is 11.1 Å². The first-order valence-corrected chi connectivity index (χ1v) is 16.1. The number of nitrogens with one attached hydrogen (secondary N) is 5. The number of amidine groups is 1. The van der Waals surface area contributed by atoms with Crippen LogP contribution in [0.25, 0.3) is 0 Å². The number of carbonyl (C=O) groups is 3. The molecular formula is C34H48N8O3. The topological polar surface area (TPSA) is 213 Å². The molecular weight excluding hydrogens is 568 g/mol. The second-order valence-electron chi connectivity index (χ2n) is 12.4. The molecule has 2 aliphatic carbocycles. The summed E-state index contributed by atoms with van der Waals surface area (Å²) in [5, 5.41) is 23.8. The maximum atomic E-state index is 14.4. The van der Waals surface area contributed by atoms with Crippen LogP contribution < -0.4 is 33.2 Å². The lowest BCUT2D eigenvalue weighted by atomic mass is 9.73. The zero-order valence-corrected chi connectivity index (χ0v) is 25.9. The van der Waals surface area contributed by atoms with Crippen LogP contribution in [0.2, 0.25) is 0 Å². The van der Waals surface area contributed by atoms with Crippen LogP contribution in [0.3, 0.4) is 0 Å². The molecule has 0 unspecified atom stereocenters. The molecule has 0 aromatic heterocycles. The van der Waals surface area contributed by atoms with E-state index in [9.17, 15) is 14.4 Å². The first-order valence-electron chi connectivity index (χ1n) is 16.1. The van der Waals surface area contributed by atoms with E-state index in [4.69, 9.17) is 28.0 Å². The Balaban J connectivity index is 1.59. The highest BCUT2D eigenvalue weighted by molar-refractivity contribution is 5.95. The molecule has 0 bridgehead atoms. The number of benzene rings is 2. The summed E-state index contributed by atoms with van der Waals surface area (Å²) < 4.78 is 0. The second kappa shape index (κ2) is 16.1. The minimum Gasteiger partial charge on any atom is -0.384 e. The van der Waals surface area contributed by atoms with Gasteiger partial charge < -0.3 is 33.2 Å². The lowest BCUT2D eigenvalue weighted by Gasteiger charge is -2.35. The van der Waals surface area contributed by atoms with Gasteiger partial charge in [-0.3, -0.25) is 25.2 Å². The zero-order valence-electron chi connectivity index (χ0n) is 25.9. The minimum absolute atomic E-state index is 0.0113. The average molecular weight is 617 g/mol. The molecule has 0 radical (unpaired) electrons. The summed E-state index contributed by atoms with van der Waals surface area (Å²) in [5.74, 6) is -1.91. The number of hydrogen-bond donors (Lipinski definition) is 8. The van der Waals surface area contributed by atoms with Gasteiger partial charge in [-0.25, -0.2) is 0 Å². The molecule has 0 spiro atoms. The Morgan fingerprint density at radius 2 is 1.56 bits per heavy atom. The maximum absolute atomic E-state index is 14.4. The molecule has 2 aliphatic rings. The Bertz CT molecular complexity index is 1360. The highest BCUT2D eigenvalue weighted by Crippen LogP contribution is 2.39. The highest BCUT2D eigenvalue weighted by atomic mass is 16.2. The summed E-state index contributed by atoms with van der Waals surface area (Å²) in [6.45, 7) is 0.371. The fourth-order valence-electron chi connectivity index (χ4n) is 6.90. The fraction of sp³-hybridized carbons (Fsp3) is 0.500. The number of aryl methyl sites for hydroxylation is 1. The van der Waals surface area contributed by atoms with Crippen molar-refractivity contribution in [1.82, 2.24) is 16.0 Å². The largest absolute Gasteiger partial charge is 0.384 e. The first-order chi connectivity index (χ1) is 21.6. The molecule has 3 amide bonds. The van der Waals surface area contributed by atoms with E-state index in [2.05, 4.69) is 28.1 Å². The third kappa shape index (κ3) is 9.29. The molecule has 1 fully saturated rings. The number of hydrogen-bond acceptors (Lipinski definition) is 5. The van der Waals surface area contributed by atoms with Crippen LogP contribution in [-0.2, 0) is 27.2 Å². The van der Waals surface area contributed by atoms with Crippen LogP contribution in [-0.4, -0.2) is 48.1 Å². The van der Waals surface area contributed by atoms with Crippen molar-refractivity contribution in [3.05, 3.63) is 70.8 Å². The van der Waals surface area contributed by atoms with Crippen molar-refractivity contribution in [3.63, 3.8) is 0 Å². The number of carbonyl (C=O) groups excluding carboxylic acids is 3. The van der Waals surface area contributed by atoms with Crippen molar-refractivity contribution in [2.75, 3.05) is 6.54 Å². The molecule has 45 heavy (non-hydrogen) atoms. The van der Waals surface area contributed by atoms with E-state index < -0.39 is 29.8 Å². The number of nitrogen functional groups attached to an aromatic ring is 1. The van der Waals surface area contributed by atoms with Gasteiger partial charge in [-0.1, -0.05) is 67.8 Å². The van der Waals surface area contributed by atoms with Crippen LogP contribution in [0, 0.1) is 22.7 Å². The number of nitrogens with two attached hydrogens (primary N) is 3. The van der Waals surface area contributed by atoms with Crippen LogP contribution >= 0.6 is 0 Å². The lowest BCUT2D eigenvalue weighted by molar-refractivity contribution is -0.134. The van der Waals surface area contributed by atoms with Crippen molar-refractivity contribution in [1.29, 1.82) is 10.8 Å². The molecule has 11 N–H and O–H groups in total. The molecule has 4 atom stereocenters. The van der Waals surface area contributed by atoms with Crippen LogP contribution in [0.4, 0.5) is 0 Å². The van der Waals surface area contributed by atoms with Gasteiger partial charge >= 0.3 is 0 Å². The third-order valence-corrected chi connectivity index (χ3v) is 9.31. The van der Waals surface area contributed by atoms with Crippen LogP contribution in [0.5, 0.6) is 0 Å². The van der Waals surface area contributed by atoms with Gasteiger partial charge in [-0.05, 0) is 79.9 Å². The Kier molecular flexibility index (Phi) is 11.9. The summed E-state index contributed by atoms with van der Waals surface area (Å²) in [4.78, 5) is 40.6. The predicted octanol–water partition coefficient (Wildman–Crippen LogP) is 2.55. The molecule has 2 aromatic carbocycles. The van der Waals surface area contributed by atoms with Gasteiger partial charge in [-0.15, -0.1) is 0 Å². The van der Waals surface area contributed by atoms with E-state index in [0.717, 1.165) is 56.9 Å². The molecule has 0 heterocycles. The van der Waals surface area contributed by atoms with Crippen LogP contribution in [0.1, 0.15) is 86.0 Å². The monoisotopic (exact) mass is 616 g/mol. The summed E-state index contributed by atoms with van der Waals surface area (Å²) in [7, 11) is 0. The quantitative estimate of drug-likeness (QED) is 0.0906. The smallest absolute Gasteiger partial charge is 0.243 e. The molecule has 4 rings (SSSR count). The predicted molar refractivity (Wildman–Crippen MR) is 176 cm³/mol. The van der Waals surface area contributed by atoms with Gasteiger partial charge in [0.2, 0.25) is 17.7 Å². The minimum atomic E-state index is -0.907. The molecule has 11 nitrogen and oxygen atoms in total. The second-order valence-corrected chi connectivity index (χ2v) is 12.4. The van der Waals surface area contributed by atoms with Gasteiger partial charge in [0, 0.05) is 18.0 Å². The summed E-state index contributed by atoms with van der Waals surface area (Å²) in [6.07, 6.45) is 8.68. The number of fused-ring (bicyclic) bond motifs is 1. The normalized spacial score (nSPS) is 18.4. The molecule has 1 saturated carbocycles. The number of amides is 3. The van der Waals surface area contributed by atoms with E-state index in [1.807, 2.05) is 24.3 Å². The Morgan fingerprint density at radius 3 is 2.22 bits per heavy atom. The standard InChI is InChI=1S/C34H48N8O3/c35-30(36)24-17-15-21(16-18-24)20-27(26-13-6-11-22-8-4-5-12-25(22)26)32(44)42-29(23-9-2-1-3-10-23)33(45)41-28(31(37)43)14-7-19-40-34(38)39/h4-5,8,12,15-18,23,26-29H,1-3,6-7,9-11,13-14,19-20H2,(H3,35,36)(H2,37,43)(H,41,45)(H,42,44)(H4,38,39,40)/t26-,27-,28+,29+/m1/s1. The third-order valence-electron chi connectivity index (χ3n) is 9.31. The van der Waals surface area contributed by atoms with Crippen molar-refractivity contribution < 1.29 is 14.4 Å². The number of primary amides is 1. The maximum Gasteiger partial charge on any atom is 0.243 e. The molecule has 0 saturated heterocycles. The van der Waals surface area contributed by atoms with Crippen molar-refractivity contribution in [3.8, 4) is 0 Å².